The van der Waals surface area contributed by atoms with Gasteiger partial charge < -0.3 is 28.8 Å². The SMILES string of the molecule is CC(C)(Oc1ccc2c(c1)CCN(Cc1ccc(-c3ccc(C(F)(F)F)cc3)s1)CC2)C(=O)O.CCOC(=O)C(C)(C)Oc1ccc2c(c1)CCN(Cc1ccc(-c3ccc(C(F)(F)F)cc3)s1)CC2.CCOC(=O)C(C)(C)Oc1ccc2c(c1)CCN(Cc1ccc(-c3ccc(C(F)(F)F)cc3)s1)CC2.O=Cc1ccc(-c2ccc(C(F)(F)F)cc2)s1.[HH]. The predicted molar refractivity (Wildman–Crippen MR) is 459 cm³/mol. The molecule has 0 aliphatic carbocycles. The zero-order chi connectivity index (χ0) is 88.8. The van der Waals surface area contributed by atoms with Gasteiger partial charge >= 0.3 is 42.6 Å². The number of hydrogen-bond acceptors (Lipinski definition) is 16. The van der Waals surface area contributed by atoms with Crippen molar-refractivity contribution in [1.82, 2.24) is 14.7 Å². The molecule has 3 aliphatic heterocycles. The van der Waals surface area contributed by atoms with E-state index in [0.29, 0.717) is 40.9 Å². The number of alkyl halides is 12. The summed E-state index contributed by atoms with van der Waals surface area (Å²) in [5.41, 5.74) is 4.41. The van der Waals surface area contributed by atoms with Gasteiger partial charge in [-0.15, -0.1) is 45.3 Å². The van der Waals surface area contributed by atoms with E-state index < -0.39 is 81.7 Å². The lowest BCUT2D eigenvalue weighted by atomic mass is 10.0. The fraction of sp³-hybridized carbons (Fsp3) is 0.340. The molecule has 14 rings (SSSR count). The van der Waals surface area contributed by atoms with E-state index >= 15 is 0 Å². The summed E-state index contributed by atoms with van der Waals surface area (Å²) in [5, 5.41) is 9.30. The van der Waals surface area contributed by atoms with Crippen molar-refractivity contribution in [3.05, 3.63) is 275 Å². The zero-order valence-corrected chi connectivity index (χ0v) is 72.0. The van der Waals surface area contributed by atoms with Crippen LogP contribution in [0.2, 0.25) is 0 Å². The Hall–Kier alpha value is -10.1. The molecule has 0 saturated heterocycles. The Morgan fingerprint density at radius 3 is 0.846 bits per heavy atom. The number of benzene rings is 7. The van der Waals surface area contributed by atoms with Gasteiger partial charge in [0.25, 0.3) is 0 Å². The van der Waals surface area contributed by atoms with Crippen LogP contribution in [0.25, 0.3) is 41.8 Å². The highest BCUT2D eigenvalue weighted by Gasteiger charge is 2.37. The van der Waals surface area contributed by atoms with Crippen LogP contribution in [0.5, 0.6) is 17.2 Å². The van der Waals surface area contributed by atoms with Crippen molar-refractivity contribution in [3.8, 4) is 59.0 Å². The first-order valence-corrected chi connectivity index (χ1v) is 43.1. The Morgan fingerprint density at radius 2 is 0.602 bits per heavy atom. The van der Waals surface area contributed by atoms with Crippen molar-refractivity contribution < 1.29 is 102 Å². The van der Waals surface area contributed by atoms with Crippen LogP contribution < -0.4 is 14.2 Å². The fourth-order valence-electron chi connectivity index (χ4n) is 13.9. The number of carboxylic acids is 1. The summed E-state index contributed by atoms with van der Waals surface area (Å²) >= 11 is 6.07. The molecule has 0 saturated carbocycles. The Kier molecular flexibility index (Phi) is 30.6. The molecule has 0 amide bonds. The fourth-order valence-corrected chi connectivity index (χ4v) is 17.9. The van der Waals surface area contributed by atoms with Gasteiger partial charge in [-0.25, -0.2) is 14.4 Å². The lowest BCUT2D eigenvalue weighted by molar-refractivity contribution is -0.159. The van der Waals surface area contributed by atoms with E-state index in [1.54, 1.807) is 87.7 Å². The van der Waals surface area contributed by atoms with Crippen LogP contribution in [0, 0.1) is 0 Å². The molecule has 654 valence electrons. The molecule has 11 aromatic rings. The first-order valence-electron chi connectivity index (χ1n) is 39.8. The lowest BCUT2D eigenvalue weighted by Gasteiger charge is -2.24. The van der Waals surface area contributed by atoms with E-state index in [9.17, 15) is 77.0 Å². The number of rotatable bonds is 22. The quantitative estimate of drug-likeness (QED) is 0.0391. The third-order valence-electron chi connectivity index (χ3n) is 20.7. The van der Waals surface area contributed by atoms with Gasteiger partial charge in [-0.3, -0.25) is 19.5 Å². The first-order chi connectivity index (χ1) is 58.1. The van der Waals surface area contributed by atoms with E-state index in [-0.39, 0.29) is 1.43 Å². The average molecular weight is 1780 g/mol. The van der Waals surface area contributed by atoms with E-state index in [1.807, 2.05) is 66.7 Å². The molecule has 0 spiro atoms. The highest BCUT2D eigenvalue weighted by molar-refractivity contribution is 7.17. The van der Waals surface area contributed by atoms with Crippen molar-refractivity contribution in [2.75, 3.05) is 52.5 Å². The zero-order valence-electron chi connectivity index (χ0n) is 68.8. The smallest absolute Gasteiger partial charge is 0.416 e. The lowest BCUT2D eigenvalue weighted by Crippen LogP contribution is -2.39. The number of aldehydes is 1. The van der Waals surface area contributed by atoms with Crippen LogP contribution in [0.4, 0.5) is 52.7 Å². The van der Waals surface area contributed by atoms with Gasteiger partial charge in [0, 0.05) is 94.5 Å². The molecule has 0 radical (unpaired) electrons. The van der Waals surface area contributed by atoms with Crippen molar-refractivity contribution in [3.63, 3.8) is 0 Å². The van der Waals surface area contributed by atoms with Gasteiger partial charge in [-0.05, 0) is 283 Å². The molecule has 7 heterocycles. The Labute approximate surface area is 723 Å². The summed E-state index contributed by atoms with van der Waals surface area (Å²) in [6.45, 7) is 21.7. The molecule has 123 heavy (non-hydrogen) atoms. The topological polar surface area (TPSA) is 144 Å². The highest BCUT2D eigenvalue weighted by atomic mass is 32.1. The molecule has 0 unspecified atom stereocenters. The third kappa shape index (κ3) is 26.0. The highest BCUT2D eigenvalue weighted by Crippen LogP contribution is 2.41. The number of fused-ring (bicyclic) bond motifs is 3. The molecule has 0 atom stereocenters. The van der Waals surface area contributed by atoms with Crippen LogP contribution in [0.1, 0.15) is 137 Å². The van der Waals surface area contributed by atoms with Gasteiger partial charge in [0.1, 0.15) is 17.2 Å². The maximum Gasteiger partial charge on any atom is 0.416 e. The van der Waals surface area contributed by atoms with E-state index in [4.69, 9.17) is 23.7 Å². The molecular weight excluding hydrogens is 1690 g/mol. The van der Waals surface area contributed by atoms with Crippen LogP contribution in [-0.4, -0.2) is 113 Å². The number of aliphatic carboxylic acids is 1. The minimum Gasteiger partial charge on any atom is -0.478 e. The largest absolute Gasteiger partial charge is 0.478 e. The summed E-state index contributed by atoms with van der Waals surface area (Å²) < 4.78 is 180. The van der Waals surface area contributed by atoms with Gasteiger partial charge in [-0.2, -0.15) is 52.7 Å². The minimum atomic E-state index is -4.33. The van der Waals surface area contributed by atoms with Gasteiger partial charge in [0.15, 0.2) is 23.1 Å². The van der Waals surface area contributed by atoms with E-state index in [0.717, 1.165) is 199 Å². The molecular formula is C94H95F12N3O10S4. The van der Waals surface area contributed by atoms with Crippen LogP contribution in [0.15, 0.2) is 200 Å². The van der Waals surface area contributed by atoms with E-state index in [1.165, 1.54) is 111 Å². The maximum absolute atomic E-state index is 12.8. The Balaban J connectivity index is 0.000000177. The second-order valence-corrected chi connectivity index (χ2v) is 35.7. The summed E-state index contributed by atoms with van der Waals surface area (Å²) in [6.07, 6.45) is -11.3. The minimum absolute atomic E-state index is 0. The monoisotopic (exact) mass is 1780 g/mol. The molecule has 13 nitrogen and oxygen atoms in total. The summed E-state index contributed by atoms with van der Waals surface area (Å²) in [6, 6.07) is 54.0. The first kappa shape index (κ1) is 93.6. The van der Waals surface area contributed by atoms with Gasteiger partial charge in [0.05, 0.1) is 40.3 Å². The third-order valence-corrected chi connectivity index (χ3v) is 25.2. The summed E-state index contributed by atoms with van der Waals surface area (Å²) in [5.74, 6) is 0.0640. The van der Waals surface area contributed by atoms with Crippen molar-refractivity contribution in [1.29, 1.82) is 0 Å². The van der Waals surface area contributed by atoms with Gasteiger partial charge in [-0.1, -0.05) is 66.7 Å². The number of carbonyl (C=O) groups is 4. The van der Waals surface area contributed by atoms with E-state index in [2.05, 4.69) is 39.0 Å². The maximum atomic E-state index is 12.8. The number of hydrogen-bond donors (Lipinski definition) is 1. The number of thiophene rings is 4. The Bertz CT molecular complexity index is 5220. The molecule has 7 aromatic carbocycles. The normalized spacial score (nSPS) is 14.3. The molecule has 3 aliphatic rings. The number of carboxylic acid groups (broad SMARTS) is 1. The number of halogens is 12. The Morgan fingerprint density at radius 1 is 0.350 bits per heavy atom. The van der Waals surface area contributed by atoms with Crippen molar-refractivity contribution >= 4 is 69.5 Å². The van der Waals surface area contributed by atoms with Crippen LogP contribution >= 0.6 is 45.3 Å². The standard InChI is InChI=1S/2C28H30F3NO3S.C26H26F3NO3S.C12H7F3OS.H2/c2*1-4-34-26(33)27(2,3)35-23-10-7-19-13-15-32(16-14-21(19)17-23)18-24-11-12-25(36-24)20-5-8-22(9-6-20)28(29,30)31;1-25(2,24(31)32)33-21-8-5-17-11-13-30(14-12-19(17)15-21)16-22-9-10-23(34-22)18-3-6-20(7-4-18)26(27,28)29;13-12(14,15)9-3-1-8(2-4-9)11-6-5-10(7-16)17-11;/h2*5-12,17H,4,13-16,18H2,1-3H3;3-10,15H,11-14,16H2,1-2H3,(H,31,32);1-7H;1H. The number of ether oxygens (including phenoxy) is 5. The number of carbonyl (C=O) groups excluding carboxylic acids is 3. The molecule has 0 bridgehead atoms. The molecule has 29 heteroatoms. The second-order valence-electron chi connectivity index (χ2n) is 31.1. The number of nitrogens with zero attached hydrogens (tertiary/aromatic N) is 3. The van der Waals surface area contributed by atoms with Crippen molar-refractivity contribution in [2.45, 2.75) is 155 Å². The van der Waals surface area contributed by atoms with Crippen LogP contribution in [0.3, 0.4) is 0 Å². The van der Waals surface area contributed by atoms with Gasteiger partial charge in [0.2, 0.25) is 0 Å². The molecule has 0 fully saturated rings. The predicted octanol–water partition coefficient (Wildman–Crippen LogP) is 24.3. The summed E-state index contributed by atoms with van der Waals surface area (Å²) in [4.78, 5) is 61.1. The second kappa shape index (κ2) is 40.2. The summed E-state index contributed by atoms with van der Waals surface area (Å²) in [7, 11) is 0. The van der Waals surface area contributed by atoms with Crippen molar-refractivity contribution in [2.24, 2.45) is 0 Å². The number of esters is 2. The molecule has 1 N–H and O–H groups in total. The average Bonchev–Trinajstić information content (AvgIpc) is 1.16. The van der Waals surface area contributed by atoms with Crippen LogP contribution in [-0.2, 0) is 107 Å². The molecule has 4 aromatic heterocycles.